The molecule has 1 unspecified atom stereocenters. The predicted molar refractivity (Wildman–Crippen MR) is 84.2 cm³/mol. The van der Waals surface area contributed by atoms with Crippen molar-refractivity contribution >= 4 is 17.4 Å². The van der Waals surface area contributed by atoms with E-state index in [4.69, 9.17) is 5.11 Å². The molecule has 3 heterocycles. The Hall–Kier alpha value is -2.96. The Morgan fingerprint density at radius 3 is 2.70 bits per heavy atom. The smallest absolute Gasteiger partial charge is 0.308 e. The van der Waals surface area contributed by atoms with Crippen molar-refractivity contribution in [3.8, 4) is 11.4 Å². The van der Waals surface area contributed by atoms with Crippen molar-refractivity contribution in [3.05, 3.63) is 42.5 Å². The monoisotopic (exact) mass is 309 g/mol. The van der Waals surface area contributed by atoms with Crippen LogP contribution < -0.4 is 4.90 Å². The lowest BCUT2D eigenvalue weighted by molar-refractivity contribution is -0.140. The zero-order chi connectivity index (χ0) is 15.8. The molecule has 1 fully saturated rings. The summed E-state index contributed by atoms with van der Waals surface area (Å²) in [7, 11) is 0. The van der Waals surface area contributed by atoms with Crippen molar-refractivity contribution in [2.45, 2.75) is 6.42 Å². The molecular weight excluding hydrogens is 294 g/mol. The molecule has 7 nitrogen and oxygen atoms in total. The largest absolute Gasteiger partial charge is 0.481 e. The van der Waals surface area contributed by atoms with Crippen LogP contribution >= 0.6 is 0 Å². The van der Waals surface area contributed by atoms with Gasteiger partial charge in [0, 0.05) is 18.7 Å². The normalized spacial score (nSPS) is 17.7. The maximum absolute atomic E-state index is 11.1. The Kier molecular flexibility index (Phi) is 3.18. The first-order valence-electron chi connectivity index (χ1n) is 7.48. The third-order valence-corrected chi connectivity index (χ3v) is 4.14. The molecule has 1 saturated heterocycles. The van der Waals surface area contributed by atoms with Gasteiger partial charge in [-0.25, -0.2) is 0 Å². The number of carbonyl (C=O) groups is 1. The van der Waals surface area contributed by atoms with Gasteiger partial charge in [-0.2, -0.15) is 4.52 Å². The molecule has 0 spiro atoms. The molecule has 0 radical (unpaired) electrons. The van der Waals surface area contributed by atoms with Crippen molar-refractivity contribution in [2.24, 2.45) is 5.92 Å². The van der Waals surface area contributed by atoms with Gasteiger partial charge < -0.3 is 10.0 Å². The van der Waals surface area contributed by atoms with E-state index in [2.05, 4.69) is 15.3 Å². The van der Waals surface area contributed by atoms with E-state index in [-0.39, 0.29) is 5.92 Å². The molecule has 0 amide bonds. The number of nitrogens with zero attached hydrogens (tertiary/aromatic N) is 5. The quantitative estimate of drug-likeness (QED) is 0.793. The molecule has 2 aromatic heterocycles. The second-order valence-corrected chi connectivity index (χ2v) is 5.62. The fourth-order valence-electron chi connectivity index (χ4n) is 2.89. The minimum atomic E-state index is -0.747. The minimum absolute atomic E-state index is 0.331. The highest BCUT2D eigenvalue weighted by molar-refractivity contribution is 5.72. The SMILES string of the molecule is O=C(O)C1CCN(c2ccc3nnc(-c4ccccc4)n3n2)C1. The van der Waals surface area contributed by atoms with E-state index < -0.39 is 5.97 Å². The molecule has 1 aliphatic rings. The fourth-order valence-corrected chi connectivity index (χ4v) is 2.89. The average Bonchev–Trinajstić information content (AvgIpc) is 3.22. The van der Waals surface area contributed by atoms with Gasteiger partial charge >= 0.3 is 5.97 Å². The van der Waals surface area contributed by atoms with Gasteiger partial charge in [0.1, 0.15) is 5.82 Å². The standard InChI is InChI=1S/C16H15N5O2/c22-16(23)12-8-9-20(10-12)14-7-6-13-17-18-15(21(13)19-14)11-4-2-1-3-5-11/h1-7,12H,8-10H2,(H,22,23). The molecule has 3 aromatic rings. The molecule has 23 heavy (non-hydrogen) atoms. The Morgan fingerprint density at radius 2 is 1.96 bits per heavy atom. The predicted octanol–water partition coefficient (Wildman–Crippen LogP) is 1.70. The third-order valence-electron chi connectivity index (χ3n) is 4.14. The van der Waals surface area contributed by atoms with Crippen molar-refractivity contribution < 1.29 is 9.90 Å². The Morgan fingerprint density at radius 1 is 1.13 bits per heavy atom. The van der Waals surface area contributed by atoms with E-state index in [1.165, 1.54) is 0 Å². The van der Waals surface area contributed by atoms with Crippen LogP contribution in [-0.2, 0) is 4.79 Å². The highest BCUT2D eigenvalue weighted by Gasteiger charge is 2.29. The minimum Gasteiger partial charge on any atom is -0.481 e. The molecular formula is C16H15N5O2. The lowest BCUT2D eigenvalue weighted by atomic mass is 10.1. The Balaban J connectivity index is 1.72. The maximum Gasteiger partial charge on any atom is 0.308 e. The summed E-state index contributed by atoms with van der Waals surface area (Å²) < 4.78 is 1.71. The first kappa shape index (κ1) is 13.7. The van der Waals surface area contributed by atoms with Gasteiger partial charge in [-0.15, -0.1) is 15.3 Å². The van der Waals surface area contributed by atoms with Gasteiger partial charge in [-0.1, -0.05) is 30.3 Å². The fraction of sp³-hybridized carbons (Fsp3) is 0.250. The van der Waals surface area contributed by atoms with E-state index >= 15 is 0 Å². The van der Waals surface area contributed by atoms with Crippen LogP contribution in [-0.4, -0.2) is 44.0 Å². The van der Waals surface area contributed by atoms with Crippen molar-refractivity contribution in [1.82, 2.24) is 19.8 Å². The van der Waals surface area contributed by atoms with E-state index in [0.717, 1.165) is 11.4 Å². The number of rotatable bonds is 3. The lowest BCUT2D eigenvalue weighted by Gasteiger charge is -2.16. The van der Waals surface area contributed by atoms with Crippen LogP contribution in [0.1, 0.15) is 6.42 Å². The highest BCUT2D eigenvalue weighted by atomic mass is 16.4. The Bertz CT molecular complexity index is 861. The first-order valence-corrected chi connectivity index (χ1v) is 7.48. The summed E-state index contributed by atoms with van der Waals surface area (Å²) >= 11 is 0. The number of carboxylic acids is 1. The average molecular weight is 309 g/mol. The zero-order valence-corrected chi connectivity index (χ0v) is 12.3. The van der Waals surface area contributed by atoms with E-state index in [9.17, 15) is 4.79 Å². The summed E-state index contributed by atoms with van der Waals surface area (Å²) in [4.78, 5) is 13.1. The third kappa shape index (κ3) is 2.40. The molecule has 0 aliphatic carbocycles. The van der Waals surface area contributed by atoms with Crippen LogP contribution in [0.4, 0.5) is 5.82 Å². The molecule has 1 N–H and O–H groups in total. The van der Waals surface area contributed by atoms with Crippen LogP contribution in [0.25, 0.3) is 17.0 Å². The summed E-state index contributed by atoms with van der Waals surface area (Å²) in [5, 5.41) is 22.1. The zero-order valence-electron chi connectivity index (χ0n) is 12.3. The summed E-state index contributed by atoms with van der Waals surface area (Å²) in [6.07, 6.45) is 0.642. The van der Waals surface area contributed by atoms with Crippen molar-refractivity contribution in [3.63, 3.8) is 0 Å². The van der Waals surface area contributed by atoms with Crippen LogP contribution in [0.2, 0.25) is 0 Å². The van der Waals surface area contributed by atoms with Crippen LogP contribution in [0, 0.1) is 5.92 Å². The van der Waals surface area contributed by atoms with E-state index in [1.54, 1.807) is 4.52 Å². The van der Waals surface area contributed by atoms with E-state index in [0.29, 0.717) is 31.0 Å². The maximum atomic E-state index is 11.1. The van der Waals surface area contributed by atoms with Gasteiger partial charge in [-0.3, -0.25) is 4.79 Å². The molecule has 1 aromatic carbocycles. The second-order valence-electron chi connectivity index (χ2n) is 5.62. The lowest BCUT2D eigenvalue weighted by Crippen LogP contribution is -2.24. The number of aliphatic carboxylic acids is 1. The van der Waals surface area contributed by atoms with Gasteiger partial charge in [0.05, 0.1) is 5.92 Å². The number of fused-ring (bicyclic) bond motifs is 1. The van der Waals surface area contributed by atoms with Crippen LogP contribution in [0.3, 0.4) is 0 Å². The molecule has 7 heteroatoms. The number of hydrogen-bond acceptors (Lipinski definition) is 5. The van der Waals surface area contributed by atoms with Crippen molar-refractivity contribution in [1.29, 1.82) is 0 Å². The summed E-state index contributed by atoms with van der Waals surface area (Å²) in [5.41, 5.74) is 1.61. The first-order chi connectivity index (χ1) is 11.2. The van der Waals surface area contributed by atoms with Crippen LogP contribution in [0.15, 0.2) is 42.5 Å². The molecule has 4 rings (SSSR count). The molecule has 1 atom stereocenters. The summed E-state index contributed by atoms with van der Waals surface area (Å²) in [6.45, 7) is 1.18. The highest BCUT2D eigenvalue weighted by Crippen LogP contribution is 2.24. The summed E-state index contributed by atoms with van der Waals surface area (Å²) in [5.74, 6) is 0.347. The van der Waals surface area contributed by atoms with Gasteiger partial charge in [0.15, 0.2) is 11.5 Å². The van der Waals surface area contributed by atoms with Gasteiger partial charge in [0.2, 0.25) is 0 Å². The van der Waals surface area contributed by atoms with Crippen LogP contribution in [0.5, 0.6) is 0 Å². The second kappa shape index (κ2) is 5.35. The number of aromatic nitrogens is 4. The number of carboxylic acid groups (broad SMARTS) is 1. The molecule has 1 aliphatic heterocycles. The number of anilines is 1. The molecule has 0 saturated carbocycles. The molecule has 0 bridgehead atoms. The van der Waals surface area contributed by atoms with Gasteiger partial charge in [-0.05, 0) is 18.6 Å². The van der Waals surface area contributed by atoms with E-state index in [1.807, 2.05) is 47.4 Å². The van der Waals surface area contributed by atoms with Crippen molar-refractivity contribution in [2.75, 3.05) is 18.0 Å². The number of benzene rings is 1. The number of hydrogen-bond donors (Lipinski definition) is 1. The topological polar surface area (TPSA) is 83.6 Å². The van der Waals surface area contributed by atoms with Gasteiger partial charge in [0.25, 0.3) is 0 Å². The summed E-state index contributed by atoms with van der Waals surface area (Å²) in [6, 6.07) is 13.5. The molecule has 116 valence electrons. The Labute approximate surface area is 132 Å².